The van der Waals surface area contributed by atoms with E-state index in [-0.39, 0.29) is 24.2 Å². The molecule has 0 spiro atoms. The number of primary amides is 1. The van der Waals surface area contributed by atoms with Crippen molar-refractivity contribution >= 4 is 34.8 Å². The van der Waals surface area contributed by atoms with Gasteiger partial charge in [0, 0.05) is 29.4 Å². The number of nitrogens with two attached hydrogens (primary N) is 1. The SMILES string of the molecule is NC(=O)C1CCN(C(=O)Cc2csc(COc3ccc(Cl)cc3)n2)CC1. The van der Waals surface area contributed by atoms with Gasteiger partial charge in [-0.05, 0) is 37.1 Å². The molecule has 1 fully saturated rings. The zero-order chi connectivity index (χ0) is 18.5. The van der Waals surface area contributed by atoms with Gasteiger partial charge < -0.3 is 15.4 Å². The Balaban J connectivity index is 1.48. The van der Waals surface area contributed by atoms with E-state index in [9.17, 15) is 9.59 Å². The third-order valence-electron chi connectivity index (χ3n) is 4.36. The van der Waals surface area contributed by atoms with Crippen molar-refractivity contribution in [3.05, 3.63) is 45.4 Å². The van der Waals surface area contributed by atoms with Crippen LogP contribution < -0.4 is 10.5 Å². The van der Waals surface area contributed by atoms with Crippen LogP contribution in [0.5, 0.6) is 5.75 Å². The van der Waals surface area contributed by atoms with Crippen molar-refractivity contribution in [2.75, 3.05) is 13.1 Å². The Bertz CT molecular complexity index is 770. The average molecular weight is 394 g/mol. The highest BCUT2D eigenvalue weighted by Crippen LogP contribution is 2.20. The average Bonchev–Trinajstić information content (AvgIpc) is 3.08. The van der Waals surface area contributed by atoms with E-state index >= 15 is 0 Å². The molecule has 2 heterocycles. The summed E-state index contributed by atoms with van der Waals surface area (Å²) in [4.78, 5) is 29.8. The number of amides is 2. The normalized spacial score (nSPS) is 15.0. The van der Waals surface area contributed by atoms with Gasteiger partial charge >= 0.3 is 0 Å². The van der Waals surface area contributed by atoms with Gasteiger partial charge in [0.25, 0.3) is 0 Å². The molecule has 26 heavy (non-hydrogen) atoms. The number of carbonyl (C=O) groups excluding carboxylic acids is 2. The maximum absolute atomic E-state index is 12.4. The molecule has 2 amide bonds. The van der Waals surface area contributed by atoms with Crippen molar-refractivity contribution < 1.29 is 14.3 Å². The van der Waals surface area contributed by atoms with Crippen LogP contribution in [0.1, 0.15) is 23.5 Å². The molecule has 0 unspecified atom stereocenters. The molecule has 0 bridgehead atoms. The fraction of sp³-hybridized carbons (Fsp3) is 0.389. The lowest BCUT2D eigenvalue weighted by atomic mass is 9.96. The molecule has 1 aromatic carbocycles. The number of ether oxygens (including phenoxy) is 1. The minimum absolute atomic E-state index is 0.0309. The number of piperidine rings is 1. The second-order valence-electron chi connectivity index (χ2n) is 6.21. The van der Waals surface area contributed by atoms with Gasteiger partial charge in [-0.3, -0.25) is 9.59 Å². The van der Waals surface area contributed by atoms with Crippen molar-refractivity contribution in [1.29, 1.82) is 0 Å². The summed E-state index contributed by atoms with van der Waals surface area (Å²) in [5.74, 6) is 0.361. The van der Waals surface area contributed by atoms with Crippen molar-refractivity contribution in [2.45, 2.75) is 25.9 Å². The first-order chi connectivity index (χ1) is 12.5. The first kappa shape index (κ1) is 18.7. The summed E-state index contributed by atoms with van der Waals surface area (Å²) < 4.78 is 5.67. The number of likely N-dealkylation sites (tertiary alicyclic amines) is 1. The standard InChI is InChI=1S/C18H20ClN3O3S/c19-13-1-3-15(4-2-13)25-10-16-21-14(11-26-16)9-17(23)22-7-5-12(6-8-22)18(20)24/h1-4,11-12H,5-10H2,(H2,20,24). The lowest BCUT2D eigenvalue weighted by Crippen LogP contribution is -2.42. The molecule has 3 rings (SSSR count). The fourth-order valence-corrected chi connectivity index (χ4v) is 3.68. The number of aromatic nitrogens is 1. The number of halogens is 1. The molecule has 0 aliphatic carbocycles. The molecule has 0 saturated carbocycles. The van der Waals surface area contributed by atoms with Crippen LogP contribution in [0.15, 0.2) is 29.6 Å². The molecule has 6 nitrogen and oxygen atoms in total. The summed E-state index contributed by atoms with van der Waals surface area (Å²) in [5, 5.41) is 3.36. The Morgan fingerprint density at radius 3 is 2.62 bits per heavy atom. The number of thiazole rings is 1. The lowest BCUT2D eigenvalue weighted by molar-refractivity contribution is -0.134. The van der Waals surface area contributed by atoms with E-state index in [4.69, 9.17) is 22.1 Å². The van der Waals surface area contributed by atoms with Gasteiger partial charge in [0.2, 0.25) is 11.8 Å². The summed E-state index contributed by atoms with van der Waals surface area (Å²) in [6.07, 6.45) is 1.54. The van der Waals surface area contributed by atoms with E-state index in [2.05, 4.69) is 4.98 Å². The predicted molar refractivity (Wildman–Crippen MR) is 100 cm³/mol. The Morgan fingerprint density at radius 1 is 1.27 bits per heavy atom. The van der Waals surface area contributed by atoms with Crippen molar-refractivity contribution in [1.82, 2.24) is 9.88 Å². The summed E-state index contributed by atoms with van der Waals surface area (Å²) in [5.41, 5.74) is 6.07. The van der Waals surface area contributed by atoms with Crippen LogP contribution >= 0.6 is 22.9 Å². The Morgan fingerprint density at radius 2 is 1.96 bits per heavy atom. The zero-order valence-corrected chi connectivity index (χ0v) is 15.8. The molecule has 2 N–H and O–H groups in total. The first-order valence-electron chi connectivity index (χ1n) is 8.40. The largest absolute Gasteiger partial charge is 0.486 e. The molecule has 0 radical (unpaired) electrons. The highest BCUT2D eigenvalue weighted by molar-refractivity contribution is 7.09. The molecule has 1 saturated heterocycles. The Kier molecular flexibility index (Phi) is 6.11. The van der Waals surface area contributed by atoms with Crippen LogP contribution in [0.2, 0.25) is 5.02 Å². The highest BCUT2D eigenvalue weighted by Gasteiger charge is 2.26. The van der Waals surface area contributed by atoms with Crippen LogP contribution in [0.3, 0.4) is 0 Å². The van der Waals surface area contributed by atoms with Crippen LogP contribution in [0.25, 0.3) is 0 Å². The third kappa shape index (κ3) is 4.95. The van der Waals surface area contributed by atoms with Gasteiger partial charge in [0.1, 0.15) is 17.4 Å². The van der Waals surface area contributed by atoms with E-state index in [0.29, 0.717) is 37.6 Å². The Labute approximate surface area is 160 Å². The summed E-state index contributed by atoms with van der Waals surface area (Å²) in [6.45, 7) is 1.50. The van der Waals surface area contributed by atoms with Crippen molar-refractivity contribution in [3.8, 4) is 5.75 Å². The van der Waals surface area contributed by atoms with Gasteiger partial charge in [-0.25, -0.2) is 4.98 Å². The van der Waals surface area contributed by atoms with Gasteiger partial charge in [-0.15, -0.1) is 11.3 Å². The number of hydrogen-bond donors (Lipinski definition) is 1. The maximum Gasteiger partial charge on any atom is 0.228 e. The second-order valence-corrected chi connectivity index (χ2v) is 7.59. The van der Waals surface area contributed by atoms with E-state index in [0.717, 1.165) is 16.5 Å². The van der Waals surface area contributed by atoms with E-state index < -0.39 is 0 Å². The minimum atomic E-state index is -0.276. The van der Waals surface area contributed by atoms with Gasteiger partial charge in [0.15, 0.2) is 0 Å². The number of nitrogens with zero attached hydrogens (tertiary/aromatic N) is 2. The highest BCUT2D eigenvalue weighted by atomic mass is 35.5. The zero-order valence-electron chi connectivity index (χ0n) is 14.2. The fourth-order valence-electron chi connectivity index (χ4n) is 2.85. The van der Waals surface area contributed by atoms with Gasteiger partial charge in [-0.1, -0.05) is 11.6 Å². The number of benzene rings is 1. The van der Waals surface area contributed by atoms with Crippen molar-refractivity contribution in [3.63, 3.8) is 0 Å². The predicted octanol–water partition coefficient (Wildman–Crippen LogP) is 2.64. The van der Waals surface area contributed by atoms with E-state index in [1.807, 2.05) is 5.38 Å². The molecular formula is C18H20ClN3O3S. The maximum atomic E-state index is 12.4. The van der Waals surface area contributed by atoms with Crippen LogP contribution in [0.4, 0.5) is 0 Å². The van der Waals surface area contributed by atoms with Crippen molar-refractivity contribution in [2.24, 2.45) is 11.7 Å². The van der Waals surface area contributed by atoms with E-state index in [1.165, 1.54) is 11.3 Å². The Hall–Kier alpha value is -2.12. The third-order valence-corrected chi connectivity index (χ3v) is 5.48. The molecular weight excluding hydrogens is 374 g/mol. The smallest absolute Gasteiger partial charge is 0.228 e. The lowest BCUT2D eigenvalue weighted by Gasteiger charge is -2.30. The topological polar surface area (TPSA) is 85.5 Å². The van der Waals surface area contributed by atoms with Gasteiger partial charge in [-0.2, -0.15) is 0 Å². The van der Waals surface area contributed by atoms with E-state index in [1.54, 1.807) is 29.2 Å². The number of rotatable bonds is 6. The molecule has 2 aromatic rings. The second kappa shape index (κ2) is 8.51. The molecule has 0 atom stereocenters. The molecule has 1 aliphatic heterocycles. The van der Waals surface area contributed by atoms with Crippen LogP contribution in [0, 0.1) is 5.92 Å². The first-order valence-corrected chi connectivity index (χ1v) is 9.66. The minimum Gasteiger partial charge on any atom is -0.486 e. The summed E-state index contributed by atoms with van der Waals surface area (Å²) in [6, 6.07) is 7.14. The molecule has 138 valence electrons. The monoisotopic (exact) mass is 393 g/mol. The molecule has 1 aliphatic rings. The van der Waals surface area contributed by atoms with Crippen LogP contribution in [-0.2, 0) is 22.6 Å². The molecule has 1 aromatic heterocycles. The van der Waals surface area contributed by atoms with Gasteiger partial charge in [0.05, 0.1) is 12.1 Å². The molecule has 8 heteroatoms. The number of carbonyl (C=O) groups is 2. The summed E-state index contributed by atoms with van der Waals surface area (Å²) in [7, 11) is 0. The number of hydrogen-bond acceptors (Lipinski definition) is 5. The summed E-state index contributed by atoms with van der Waals surface area (Å²) >= 11 is 7.31. The quantitative estimate of drug-likeness (QED) is 0.817. The van der Waals surface area contributed by atoms with Crippen LogP contribution in [-0.4, -0.2) is 34.8 Å².